The van der Waals surface area contributed by atoms with Crippen molar-refractivity contribution in [3.63, 3.8) is 0 Å². The van der Waals surface area contributed by atoms with E-state index in [2.05, 4.69) is 5.32 Å². The lowest BCUT2D eigenvalue weighted by Crippen LogP contribution is -2.37. The van der Waals surface area contributed by atoms with Gasteiger partial charge in [-0.05, 0) is 24.4 Å². The van der Waals surface area contributed by atoms with Gasteiger partial charge < -0.3 is 10.2 Å². The first-order valence-corrected chi connectivity index (χ1v) is 7.77. The zero-order valence-electron chi connectivity index (χ0n) is 12.2. The number of benzene rings is 1. The van der Waals surface area contributed by atoms with Crippen LogP contribution in [0, 0.1) is 10.1 Å². The summed E-state index contributed by atoms with van der Waals surface area (Å²) < 4.78 is 0. The van der Waals surface area contributed by atoms with Crippen LogP contribution in [0.1, 0.15) is 11.8 Å². The van der Waals surface area contributed by atoms with Gasteiger partial charge in [-0.15, -0.1) is 11.3 Å². The van der Waals surface area contributed by atoms with E-state index in [1.807, 2.05) is 24.4 Å². The molecule has 116 valence electrons. The fourth-order valence-electron chi connectivity index (χ4n) is 2.08. The maximum absolute atomic E-state index is 12.0. The van der Waals surface area contributed by atoms with Crippen molar-refractivity contribution in [2.24, 2.45) is 0 Å². The largest absolute Gasteiger partial charge is 0.357 e. The van der Waals surface area contributed by atoms with E-state index in [0.29, 0.717) is 18.8 Å². The zero-order valence-corrected chi connectivity index (χ0v) is 13.0. The molecular formula is C15H17N3O3S. The van der Waals surface area contributed by atoms with Gasteiger partial charge in [0.15, 0.2) is 0 Å². The van der Waals surface area contributed by atoms with Gasteiger partial charge >= 0.3 is 0 Å². The first-order valence-electron chi connectivity index (χ1n) is 6.89. The molecule has 0 fully saturated rings. The van der Waals surface area contributed by atoms with Crippen molar-refractivity contribution in [1.82, 2.24) is 5.32 Å². The summed E-state index contributed by atoms with van der Waals surface area (Å²) in [6.07, 6.45) is 0. The van der Waals surface area contributed by atoms with Crippen molar-refractivity contribution in [3.05, 3.63) is 56.8 Å². The Morgan fingerprint density at radius 2 is 2.09 bits per heavy atom. The number of para-hydroxylation sites is 2. The molecule has 0 atom stereocenters. The van der Waals surface area contributed by atoms with E-state index < -0.39 is 4.92 Å². The molecule has 0 aliphatic rings. The fraction of sp³-hybridized carbons (Fsp3) is 0.267. The number of likely N-dealkylation sites (N-methyl/N-ethyl adjacent to an activating group) is 1. The summed E-state index contributed by atoms with van der Waals surface area (Å²) >= 11 is 1.57. The first kappa shape index (κ1) is 16.0. The summed E-state index contributed by atoms with van der Waals surface area (Å²) in [7, 11) is 0. The Kier molecular flexibility index (Phi) is 5.48. The highest BCUT2D eigenvalue weighted by atomic mass is 32.1. The van der Waals surface area contributed by atoms with Gasteiger partial charge in [-0.25, -0.2) is 0 Å². The number of carbonyl (C=O) groups excluding carboxylic acids is 1. The topological polar surface area (TPSA) is 75.5 Å². The minimum atomic E-state index is -0.429. The van der Waals surface area contributed by atoms with E-state index >= 15 is 0 Å². The minimum Gasteiger partial charge on any atom is -0.357 e. The molecule has 0 unspecified atom stereocenters. The lowest BCUT2D eigenvalue weighted by atomic mass is 10.2. The Labute approximate surface area is 132 Å². The van der Waals surface area contributed by atoms with Crippen LogP contribution in [0.15, 0.2) is 41.8 Å². The lowest BCUT2D eigenvalue weighted by molar-refractivity contribution is -0.384. The predicted molar refractivity (Wildman–Crippen MR) is 87.1 cm³/mol. The Hall–Kier alpha value is -2.41. The molecule has 0 saturated heterocycles. The number of hydrogen-bond donors (Lipinski definition) is 1. The Morgan fingerprint density at radius 3 is 2.73 bits per heavy atom. The minimum absolute atomic E-state index is 0.00964. The number of amides is 1. The summed E-state index contributed by atoms with van der Waals surface area (Å²) in [5.74, 6) is -0.159. The Balaban J connectivity index is 2.02. The van der Waals surface area contributed by atoms with Crippen LogP contribution in [0.5, 0.6) is 0 Å². The van der Waals surface area contributed by atoms with E-state index in [1.165, 1.54) is 6.07 Å². The summed E-state index contributed by atoms with van der Waals surface area (Å²) in [5, 5.41) is 15.9. The second kappa shape index (κ2) is 7.56. The van der Waals surface area contributed by atoms with E-state index in [4.69, 9.17) is 0 Å². The summed E-state index contributed by atoms with van der Waals surface area (Å²) in [4.78, 5) is 25.5. The molecule has 7 heteroatoms. The summed E-state index contributed by atoms with van der Waals surface area (Å²) in [5.41, 5.74) is 0.469. The average Bonchev–Trinajstić information content (AvgIpc) is 3.04. The molecule has 0 bridgehead atoms. The van der Waals surface area contributed by atoms with Crippen LogP contribution in [-0.4, -0.2) is 23.9 Å². The third-order valence-electron chi connectivity index (χ3n) is 3.18. The van der Waals surface area contributed by atoms with E-state index in [1.54, 1.807) is 34.4 Å². The van der Waals surface area contributed by atoms with E-state index in [-0.39, 0.29) is 18.1 Å². The maximum atomic E-state index is 12.0. The molecule has 6 nitrogen and oxygen atoms in total. The van der Waals surface area contributed by atoms with Crippen molar-refractivity contribution in [1.29, 1.82) is 0 Å². The number of carbonyl (C=O) groups is 1. The molecule has 0 saturated carbocycles. The maximum Gasteiger partial charge on any atom is 0.292 e. The highest BCUT2D eigenvalue weighted by molar-refractivity contribution is 7.09. The molecular weight excluding hydrogens is 302 g/mol. The van der Waals surface area contributed by atoms with Crippen LogP contribution in [0.4, 0.5) is 11.4 Å². The van der Waals surface area contributed by atoms with Gasteiger partial charge in [0.05, 0.1) is 18.0 Å². The third kappa shape index (κ3) is 4.05. The van der Waals surface area contributed by atoms with Crippen molar-refractivity contribution >= 4 is 28.6 Å². The second-order valence-electron chi connectivity index (χ2n) is 4.62. The summed E-state index contributed by atoms with van der Waals surface area (Å²) in [6, 6.07) is 10.3. The molecule has 22 heavy (non-hydrogen) atoms. The van der Waals surface area contributed by atoms with Gasteiger partial charge in [0, 0.05) is 17.5 Å². The van der Waals surface area contributed by atoms with Crippen LogP contribution in [0.25, 0.3) is 0 Å². The molecule has 2 rings (SSSR count). The quantitative estimate of drug-likeness (QED) is 0.629. The van der Waals surface area contributed by atoms with Crippen molar-refractivity contribution < 1.29 is 9.72 Å². The number of nitrogens with one attached hydrogen (secondary N) is 1. The highest BCUT2D eigenvalue weighted by Crippen LogP contribution is 2.27. The van der Waals surface area contributed by atoms with E-state index in [0.717, 1.165) is 4.88 Å². The van der Waals surface area contributed by atoms with Gasteiger partial charge in [0.1, 0.15) is 5.69 Å². The number of nitro groups is 1. The summed E-state index contributed by atoms with van der Waals surface area (Å²) in [6.45, 7) is 2.94. The average molecular weight is 319 g/mol. The number of anilines is 1. The standard InChI is InChI=1S/C15H17N3O3S/c1-2-17(13-7-3-4-8-14(13)18(20)21)11-15(19)16-10-12-6-5-9-22-12/h3-9H,2,10-11H2,1H3,(H,16,19). The molecule has 1 aromatic carbocycles. The molecule has 1 heterocycles. The SMILES string of the molecule is CCN(CC(=O)NCc1cccs1)c1ccccc1[N+](=O)[O-]. The van der Waals surface area contributed by atoms with Gasteiger partial charge in [0.25, 0.3) is 5.69 Å². The molecule has 2 aromatic rings. The second-order valence-corrected chi connectivity index (χ2v) is 5.65. The number of nitrogens with zero attached hydrogens (tertiary/aromatic N) is 2. The van der Waals surface area contributed by atoms with Crippen LogP contribution in [-0.2, 0) is 11.3 Å². The monoisotopic (exact) mass is 319 g/mol. The molecule has 0 radical (unpaired) electrons. The molecule has 0 aliphatic carbocycles. The van der Waals surface area contributed by atoms with Gasteiger partial charge in [-0.2, -0.15) is 0 Å². The smallest absolute Gasteiger partial charge is 0.292 e. The normalized spacial score (nSPS) is 10.2. The van der Waals surface area contributed by atoms with Gasteiger partial charge in [-0.1, -0.05) is 18.2 Å². The Bertz CT molecular complexity index is 643. The molecule has 0 aliphatic heterocycles. The van der Waals surface area contributed by atoms with Crippen molar-refractivity contribution in [2.45, 2.75) is 13.5 Å². The van der Waals surface area contributed by atoms with Gasteiger partial charge in [-0.3, -0.25) is 14.9 Å². The lowest BCUT2D eigenvalue weighted by Gasteiger charge is -2.22. The van der Waals surface area contributed by atoms with Gasteiger partial charge in [0.2, 0.25) is 5.91 Å². The number of rotatable bonds is 7. The molecule has 1 amide bonds. The zero-order chi connectivity index (χ0) is 15.9. The molecule has 1 N–H and O–H groups in total. The fourth-order valence-corrected chi connectivity index (χ4v) is 2.73. The molecule has 1 aromatic heterocycles. The first-order chi connectivity index (χ1) is 10.6. The highest BCUT2D eigenvalue weighted by Gasteiger charge is 2.19. The van der Waals surface area contributed by atoms with E-state index in [9.17, 15) is 14.9 Å². The number of thiophene rings is 1. The third-order valence-corrected chi connectivity index (χ3v) is 4.05. The van der Waals surface area contributed by atoms with Crippen molar-refractivity contribution in [3.8, 4) is 0 Å². The van der Waals surface area contributed by atoms with Crippen molar-refractivity contribution in [2.75, 3.05) is 18.0 Å². The number of hydrogen-bond acceptors (Lipinski definition) is 5. The van der Waals surface area contributed by atoms with Crippen LogP contribution in [0.2, 0.25) is 0 Å². The van der Waals surface area contributed by atoms with Crippen LogP contribution < -0.4 is 10.2 Å². The Morgan fingerprint density at radius 1 is 1.32 bits per heavy atom. The van der Waals surface area contributed by atoms with Crippen LogP contribution in [0.3, 0.4) is 0 Å². The van der Waals surface area contributed by atoms with Crippen LogP contribution >= 0.6 is 11.3 Å². The predicted octanol–water partition coefficient (Wildman–Crippen LogP) is 2.80. The number of nitro benzene ring substituents is 1. The molecule has 0 spiro atoms.